The Hall–Kier alpha value is -2.64. The van der Waals surface area contributed by atoms with Crippen LogP contribution in [0.2, 0.25) is 5.02 Å². The van der Waals surface area contributed by atoms with E-state index in [0.717, 1.165) is 4.90 Å². The number of aromatic hydroxyl groups is 1. The van der Waals surface area contributed by atoms with E-state index in [0.29, 0.717) is 26.3 Å². The van der Waals surface area contributed by atoms with Gasteiger partial charge in [-0.05, 0) is 64.3 Å². The van der Waals surface area contributed by atoms with Gasteiger partial charge in [0.15, 0.2) is 0 Å². The van der Waals surface area contributed by atoms with E-state index in [-0.39, 0.29) is 11.3 Å². The standard InChI is InChI=1S/C18H12BrClN2O4/c1-9-2-4-11(20)8-14(9)22-17(25)12(16(24)21-18(22)26)6-10-3-5-15(23)13(19)7-10/h2-8,23H,1H3,(H,21,24,26)/b12-6+. The number of nitrogens with zero attached hydrogens (tertiary/aromatic N) is 1. The van der Waals surface area contributed by atoms with Crippen LogP contribution in [0.1, 0.15) is 11.1 Å². The van der Waals surface area contributed by atoms with Crippen molar-refractivity contribution in [2.75, 3.05) is 4.90 Å². The van der Waals surface area contributed by atoms with Gasteiger partial charge in [0.25, 0.3) is 11.8 Å². The summed E-state index contributed by atoms with van der Waals surface area (Å²) in [4.78, 5) is 38.1. The summed E-state index contributed by atoms with van der Waals surface area (Å²) in [5.41, 5.74) is 1.25. The number of carbonyl (C=O) groups excluding carboxylic acids is 3. The summed E-state index contributed by atoms with van der Waals surface area (Å²) in [6, 6.07) is 8.48. The van der Waals surface area contributed by atoms with Crippen LogP contribution in [0.4, 0.5) is 10.5 Å². The molecule has 0 atom stereocenters. The van der Waals surface area contributed by atoms with Crippen molar-refractivity contribution < 1.29 is 19.5 Å². The average Bonchev–Trinajstić information content (AvgIpc) is 2.57. The topological polar surface area (TPSA) is 86.7 Å². The van der Waals surface area contributed by atoms with Crippen molar-refractivity contribution in [1.29, 1.82) is 0 Å². The molecule has 2 aromatic rings. The molecule has 0 spiro atoms. The smallest absolute Gasteiger partial charge is 0.335 e. The van der Waals surface area contributed by atoms with Crippen molar-refractivity contribution in [3.63, 3.8) is 0 Å². The van der Waals surface area contributed by atoms with Gasteiger partial charge in [-0.25, -0.2) is 9.69 Å². The predicted molar refractivity (Wildman–Crippen MR) is 101 cm³/mol. The molecule has 0 bridgehead atoms. The van der Waals surface area contributed by atoms with Crippen molar-refractivity contribution >= 4 is 57.1 Å². The number of aryl methyl sites for hydroxylation is 1. The lowest BCUT2D eigenvalue weighted by atomic mass is 10.1. The van der Waals surface area contributed by atoms with E-state index in [1.165, 1.54) is 18.2 Å². The van der Waals surface area contributed by atoms with Gasteiger partial charge in [0.1, 0.15) is 11.3 Å². The van der Waals surface area contributed by atoms with Crippen LogP contribution in [-0.4, -0.2) is 23.0 Å². The molecule has 6 nitrogen and oxygen atoms in total. The second-order valence-corrected chi connectivity index (χ2v) is 6.89. The highest BCUT2D eigenvalue weighted by atomic mass is 79.9. The number of phenols is 1. The molecule has 26 heavy (non-hydrogen) atoms. The second-order valence-electron chi connectivity index (χ2n) is 5.60. The normalized spacial score (nSPS) is 16.2. The van der Waals surface area contributed by atoms with Crippen molar-refractivity contribution in [2.24, 2.45) is 0 Å². The van der Waals surface area contributed by atoms with Crippen LogP contribution in [0.5, 0.6) is 5.75 Å². The maximum absolute atomic E-state index is 12.8. The van der Waals surface area contributed by atoms with Gasteiger partial charge in [-0.15, -0.1) is 0 Å². The number of barbiturate groups is 1. The third-order valence-corrected chi connectivity index (χ3v) is 4.67. The van der Waals surface area contributed by atoms with Crippen molar-refractivity contribution in [2.45, 2.75) is 6.92 Å². The minimum absolute atomic E-state index is 0.0259. The van der Waals surface area contributed by atoms with Gasteiger partial charge < -0.3 is 5.11 Å². The van der Waals surface area contributed by atoms with Crippen molar-refractivity contribution in [1.82, 2.24) is 5.32 Å². The minimum atomic E-state index is -0.839. The van der Waals surface area contributed by atoms with Crippen LogP contribution in [0.3, 0.4) is 0 Å². The molecule has 1 heterocycles. The summed E-state index contributed by atoms with van der Waals surface area (Å²) in [6.07, 6.45) is 1.35. The number of benzene rings is 2. The van der Waals surface area contributed by atoms with Crippen LogP contribution in [0.15, 0.2) is 46.4 Å². The van der Waals surface area contributed by atoms with Gasteiger partial charge >= 0.3 is 6.03 Å². The Bertz CT molecular complexity index is 987. The molecule has 0 unspecified atom stereocenters. The zero-order valence-corrected chi connectivity index (χ0v) is 15.8. The molecule has 3 rings (SSSR count). The highest BCUT2D eigenvalue weighted by Gasteiger charge is 2.37. The first-order valence-corrected chi connectivity index (χ1v) is 8.61. The van der Waals surface area contributed by atoms with Gasteiger partial charge in [-0.3, -0.25) is 14.9 Å². The lowest BCUT2D eigenvalue weighted by Gasteiger charge is -2.27. The number of rotatable bonds is 2. The fraction of sp³-hybridized carbons (Fsp3) is 0.0556. The number of hydrogen-bond acceptors (Lipinski definition) is 4. The van der Waals surface area contributed by atoms with E-state index in [9.17, 15) is 19.5 Å². The molecule has 1 fully saturated rings. The maximum atomic E-state index is 12.8. The molecule has 4 amide bonds. The molecular formula is C18H12BrClN2O4. The summed E-state index contributed by atoms with van der Waals surface area (Å²) in [5.74, 6) is -1.52. The summed E-state index contributed by atoms with van der Waals surface area (Å²) in [6.45, 7) is 1.73. The molecule has 0 aromatic heterocycles. The van der Waals surface area contributed by atoms with Crippen LogP contribution < -0.4 is 10.2 Å². The van der Waals surface area contributed by atoms with Gasteiger partial charge in [0.05, 0.1) is 10.2 Å². The molecule has 1 aliphatic heterocycles. The van der Waals surface area contributed by atoms with Gasteiger partial charge in [-0.1, -0.05) is 23.7 Å². The SMILES string of the molecule is Cc1ccc(Cl)cc1N1C(=O)NC(=O)/C(=C\c2ccc(O)c(Br)c2)C1=O. The fourth-order valence-corrected chi connectivity index (χ4v) is 3.04. The van der Waals surface area contributed by atoms with Crippen molar-refractivity contribution in [3.8, 4) is 5.75 Å². The first-order valence-electron chi connectivity index (χ1n) is 7.44. The zero-order valence-electron chi connectivity index (χ0n) is 13.4. The minimum Gasteiger partial charge on any atom is -0.507 e. The van der Waals surface area contributed by atoms with E-state index < -0.39 is 17.8 Å². The second kappa shape index (κ2) is 6.93. The summed E-state index contributed by atoms with van der Waals surface area (Å²) < 4.78 is 0.411. The molecule has 2 N–H and O–H groups in total. The zero-order chi connectivity index (χ0) is 19.0. The molecule has 1 aliphatic rings. The Morgan fingerprint density at radius 2 is 1.88 bits per heavy atom. The molecule has 0 radical (unpaired) electrons. The fourth-order valence-electron chi connectivity index (χ4n) is 2.48. The Morgan fingerprint density at radius 3 is 2.58 bits per heavy atom. The highest BCUT2D eigenvalue weighted by Crippen LogP contribution is 2.29. The molecule has 1 saturated heterocycles. The molecular weight excluding hydrogens is 424 g/mol. The summed E-state index contributed by atoms with van der Waals surface area (Å²) >= 11 is 9.15. The van der Waals surface area contributed by atoms with Crippen LogP contribution >= 0.6 is 27.5 Å². The maximum Gasteiger partial charge on any atom is 0.335 e. The number of imide groups is 2. The van der Waals surface area contributed by atoms with Gasteiger partial charge in [0.2, 0.25) is 0 Å². The van der Waals surface area contributed by atoms with E-state index in [2.05, 4.69) is 21.2 Å². The van der Waals surface area contributed by atoms with E-state index >= 15 is 0 Å². The van der Waals surface area contributed by atoms with Gasteiger partial charge in [0, 0.05) is 5.02 Å². The van der Waals surface area contributed by atoms with Gasteiger partial charge in [-0.2, -0.15) is 0 Å². The van der Waals surface area contributed by atoms with Crippen molar-refractivity contribution in [3.05, 3.63) is 62.6 Å². The highest BCUT2D eigenvalue weighted by molar-refractivity contribution is 9.10. The number of hydrogen-bond donors (Lipinski definition) is 2. The number of phenolic OH excluding ortho intramolecular Hbond substituents is 1. The largest absolute Gasteiger partial charge is 0.507 e. The monoisotopic (exact) mass is 434 g/mol. The average molecular weight is 436 g/mol. The number of anilines is 1. The third-order valence-electron chi connectivity index (χ3n) is 3.80. The molecule has 8 heteroatoms. The summed E-state index contributed by atoms with van der Waals surface area (Å²) in [5, 5.41) is 12.1. The third kappa shape index (κ3) is 3.36. The van der Waals surface area contributed by atoms with E-state index in [1.54, 1.807) is 31.2 Å². The molecule has 0 aliphatic carbocycles. The number of urea groups is 1. The van der Waals surface area contributed by atoms with E-state index in [4.69, 9.17) is 11.6 Å². The number of halogens is 2. The van der Waals surface area contributed by atoms with E-state index in [1.807, 2.05) is 0 Å². The van der Waals surface area contributed by atoms with Crippen LogP contribution in [0, 0.1) is 6.92 Å². The number of amides is 4. The lowest BCUT2D eigenvalue weighted by molar-refractivity contribution is -0.122. The molecule has 132 valence electrons. The first kappa shape index (κ1) is 18.2. The Morgan fingerprint density at radius 1 is 1.15 bits per heavy atom. The lowest BCUT2D eigenvalue weighted by Crippen LogP contribution is -2.54. The summed E-state index contributed by atoms with van der Waals surface area (Å²) in [7, 11) is 0. The predicted octanol–water partition coefficient (Wildman–Crippen LogP) is 3.78. The Labute approximate surface area is 162 Å². The quantitative estimate of drug-likeness (QED) is 0.555. The molecule has 0 saturated carbocycles. The Balaban J connectivity index is 2.07. The number of nitrogens with one attached hydrogen (secondary N) is 1. The Kier molecular flexibility index (Phi) is 4.84. The first-order chi connectivity index (χ1) is 12.3. The van der Waals surface area contributed by atoms with Crippen LogP contribution in [-0.2, 0) is 9.59 Å². The number of carbonyl (C=O) groups is 3. The van der Waals surface area contributed by atoms with Crippen LogP contribution in [0.25, 0.3) is 6.08 Å². The molecule has 2 aromatic carbocycles.